The van der Waals surface area contributed by atoms with Crippen LogP contribution in [0.15, 0.2) is 91.1 Å². The molecule has 0 spiro atoms. The third-order valence-electron chi connectivity index (χ3n) is 7.15. The van der Waals surface area contributed by atoms with E-state index in [1.165, 1.54) is 4.68 Å². The van der Waals surface area contributed by atoms with Crippen LogP contribution >= 0.6 is 0 Å². The van der Waals surface area contributed by atoms with E-state index in [0.717, 1.165) is 16.8 Å². The van der Waals surface area contributed by atoms with E-state index in [-0.39, 0.29) is 19.3 Å². The van der Waals surface area contributed by atoms with Gasteiger partial charge in [0.25, 0.3) is 0 Å². The molecule has 0 saturated carbocycles. The molecule has 1 aromatic heterocycles. The third-order valence-corrected chi connectivity index (χ3v) is 7.15. The van der Waals surface area contributed by atoms with Crippen molar-refractivity contribution in [2.24, 2.45) is 5.73 Å². The fourth-order valence-electron chi connectivity index (χ4n) is 4.68. The average Bonchev–Trinajstić information content (AvgIpc) is 3.55. The minimum Gasteiger partial charge on any atom is -0.480 e. The third kappa shape index (κ3) is 10.8. The molecule has 0 aliphatic heterocycles. The number of carbonyl (C=O) groups is 5. The lowest BCUT2D eigenvalue weighted by molar-refractivity contribution is -0.138. The number of nitrogen functional groups attached to an aromatic ring is 1. The second kappa shape index (κ2) is 17.0. The molecule has 15 heteroatoms. The fourth-order valence-corrected chi connectivity index (χ4v) is 4.68. The fraction of sp³-hybridized carbons (Fsp3) is 0.242. The lowest BCUT2D eigenvalue weighted by atomic mass is 10.0. The minimum atomic E-state index is -1.24. The molecular weight excluding hydrogens is 618 g/mol. The quantitative estimate of drug-likeness (QED) is 0.0764. The molecule has 4 amide bonds. The maximum Gasteiger partial charge on any atom is 0.322 e. The highest BCUT2D eigenvalue weighted by molar-refractivity contribution is 5.94. The van der Waals surface area contributed by atoms with Gasteiger partial charge < -0.3 is 37.8 Å². The van der Waals surface area contributed by atoms with Crippen LogP contribution in [0.1, 0.15) is 16.8 Å². The number of rotatable bonds is 16. The summed E-state index contributed by atoms with van der Waals surface area (Å²) in [6, 6.07) is 21.5. The van der Waals surface area contributed by atoms with Gasteiger partial charge in [0.05, 0.1) is 30.2 Å². The van der Waals surface area contributed by atoms with E-state index < -0.39 is 60.8 Å². The number of aliphatic carboxylic acids is 1. The highest BCUT2D eigenvalue weighted by Crippen LogP contribution is 2.11. The number of anilines is 1. The van der Waals surface area contributed by atoms with Gasteiger partial charge in [0, 0.05) is 24.9 Å². The molecule has 48 heavy (non-hydrogen) atoms. The summed E-state index contributed by atoms with van der Waals surface area (Å²) in [5.41, 5.74) is 15.2. The second-order valence-corrected chi connectivity index (χ2v) is 10.9. The van der Waals surface area contributed by atoms with Crippen molar-refractivity contribution in [1.29, 1.82) is 0 Å². The number of hydrogen-bond donors (Lipinski definition) is 7. The molecule has 0 aliphatic carbocycles. The summed E-state index contributed by atoms with van der Waals surface area (Å²) >= 11 is 0. The number of benzene rings is 3. The molecule has 0 bridgehead atoms. The van der Waals surface area contributed by atoms with Gasteiger partial charge in [0.1, 0.15) is 18.6 Å². The summed E-state index contributed by atoms with van der Waals surface area (Å²) in [5.74, 6) is -3.90. The largest absolute Gasteiger partial charge is 0.480 e. The van der Waals surface area contributed by atoms with E-state index in [1.54, 1.807) is 85.1 Å². The summed E-state index contributed by atoms with van der Waals surface area (Å²) in [4.78, 5) is 63.0. The van der Waals surface area contributed by atoms with Crippen molar-refractivity contribution < 1.29 is 29.1 Å². The van der Waals surface area contributed by atoms with Crippen molar-refractivity contribution in [3.63, 3.8) is 0 Å². The number of carbonyl (C=O) groups excluding carboxylic acids is 4. The van der Waals surface area contributed by atoms with Crippen LogP contribution in [0, 0.1) is 0 Å². The number of amides is 4. The number of aromatic nitrogens is 3. The van der Waals surface area contributed by atoms with Crippen molar-refractivity contribution in [3.05, 3.63) is 108 Å². The summed E-state index contributed by atoms with van der Waals surface area (Å²) in [6.45, 7) is -1.14. The Morgan fingerprint density at radius 3 is 1.81 bits per heavy atom. The van der Waals surface area contributed by atoms with Crippen molar-refractivity contribution in [1.82, 2.24) is 36.3 Å². The number of carboxylic acid groups (broad SMARTS) is 1. The van der Waals surface area contributed by atoms with Crippen LogP contribution in [0.4, 0.5) is 5.69 Å². The standard InChI is InChI=1S/C33H37N9O6/c34-23-11-13-25(14-12-23)42-20-24(40-41-42)17-26(35)31(46)39-28(16-22-9-5-2-6-10-22)33(48)36-18-29(43)38-27(32(47)37-19-30(44)45)15-21-7-3-1-4-8-21/h1-14,20,26-28H,15-19,34-35H2,(H,36,48)(H,37,47)(H,38,43)(H,39,46)(H,44,45)/t26-,27-,28-/m0/s1. The minimum absolute atomic E-state index is 0.0373. The van der Waals surface area contributed by atoms with Crippen LogP contribution in [0.3, 0.4) is 0 Å². The van der Waals surface area contributed by atoms with E-state index >= 15 is 0 Å². The van der Waals surface area contributed by atoms with Gasteiger partial charge in [-0.05, 0) is 35.4 Å². The van der Waals surface area contributed by atoms with Crippen LogP contribution < -0.4 is 32.7 Å². The van der Waals surface area contributed by atoms with Gasteiger partial charge in [-0.3, -0.25) is 24.0 Å². The first-order valence-corrected chi connectivity index (χ1v) is 15.0. The first kappa shape index (κ1) is 34.8. The first-order chi connectivity index (χ1) is 23.1. The number of carboxylic acids is 1. The first-order valence-electron chi connectivity index (χ1n) is 15.0. The Hall–Kier alpha value is -6.09. The predicted molar refractivity (Wildman–Crippen MR) is 175 cm³/mol. The van der Waals surface area contributed by atoms with Crippen molar-refractivity contribution in [2.75, 3.05) is 18.8 Å². The topological polar surface area (TPSA) is 236 Å². The van der Waals surface area contributed by atoms with Crippen LogP contribution in [-0.4, -0.2) is 80.9 Å². The molecule has 0 aliphatic rings. The summed E-state index contributed by atoms with van der Waals surface area (Å²) in [5, 5.41) is 27.1. The second-order valence-electron chi connectivity index (χ2n) is 10.9. The Bertz CT molecular complexity index is 1700. The van der Waals surface area contributed by atoms with E-state index in [9.17, 15) is 24.0 Å². The molecule has 0 saturated heterocycles. The average molecular weight is 656 g/mol. The van der Waals surface area contributed by atoms with Crippen molar-refractivity contribution >= 4 is 35.3 Å². The molecule has 0 unspecified atom stereocenters. The number of nitrogens with one attached hydrogen (secondary N) is 4. The Kier molecular flexibility index (Phi) is 12.3. The Morgan fingerprint density at radius 1 is 0.708 bits per heavy atom. The number of hydrogen-bond acceptors (Lipinski definition) is 9. The van der Waals surface area contributed by atoms with Crippen LogP contribution in [0.2, 0.25) is 0 Å². The Labute approximate surface area is 276 Å². The maximum absolute atomic E-state index is 13.3. The van der Waals surface area contributed by atoms with E-state index in [0.29, 0.717) is 11.4 Å². The van der Waals surface area contributed by atoms with Gasteiger partial charge in [-0.25, -0.2) is 4.68 Å². The van der Waals surface area contributed by atoms with Gasteiger partial charge >= 0.3 is 5.97 Å². The molecule has 3 aromatic carbocycles. The molecule has 250 valence electrons. The molecule has 0 fully saturated rings. The zero-order valence-corrected chi connectivity index (χ0v) is 25.9. The normalized spacial score (nSPS) is 12.6. The zero-order chi connectivity index (χ0) is 34.5. The molecule has 0 radical (unpaired) electrons. The molecule has 4 aromatic rings. The van der Waals surface area contributed by atoms with Gasteiger partial charge in [-0.1, -0.05) is 65.9 Å². The highest BCUT2D eigenvalue weighted by Gasteiger charge is 2.27. The lowest BCUT2D eigenvalue weighted by Gasteiger charge is -2.21. The maximum atomic E-state index is 13.3. The van der Waals surface area contributed by atoms with E-state index in [1.807, 2.05) is 6.07 Å². The monoisotopic (exact) mass is 655 g/mol. The van der Waals surface area contributed by atoms with E-state index in [4.69, 9.17) is 16.6 Å². The van der Waals surface area contributed by atoms with Crippen LogP contribution in [-0.2, 0) is 43.2 Å². The SMILES string of the molecule is Nc1ccc(-n2cc(C[C@H](N)C(=O)N[C@@H](Cc3ccccc3)C(=O)NCC(=O)N[C@@H](Cc3ccccc3)C(=O)NCC(=O)O)nn2)cc1. The molecule has 1 heterocycles. The highest BCUT2D eigenvalue weighted by atomic mass is 16.4. The smallest absolute Gasteiger partial charge is 0.322 e. The van der Waals surface area contributed by atoms with Crippen LogP contribution in [0.5, 0.6) is 0 Å². The van der Waals surface area contributed by atoms with Gasteiger partial charge in [-0.15, -0.1) is 5.10 Å². The summed E-state index contributed by atoms with van der Waals surface area (Å²) < 4.78 is 1.52. The summed E-state index contributed by atoms with van der Waals surface area (Å²) in [6.07, 6.45) is 1.87. The lowest BCUT2D eigenvalue weighted by Crippen LogP contribution is -2.55. The number of nitrogens with two attached hydrogens (primary N) is 2. The predicted octanol–water partition coefficient (Wildman–Crippen LogP) is -0.509. The molecular formula is C33H37N9O6. The summed E-state index contributed by atoms with van der Waals surface area (Å²) in [7, 11) is 0. The van der Waals surface area contributed by atoms with Crippen molar-refractivity contribution in [2.45, 2.75) is 37.4 Å². The number of nitrogens with zero attached hydrogens (tertiary/aromatic N) is 3. The van der Waals surface area contributed by atoms with Gasteiger partial charge in [0.2, 0.25) is 23.6 Å². The van der Waals surface area contributed by atoms with Gasteiger partial charge in [0.15, 0.2) is 0 Å². The Balaban J connectivity index is 1.38. The molecule has 15 nitrogen and oxygen atoms in total. The van der Waals surface area contributed by atoms with Gasteiger partial charge in [-0.2, -0.15) is 0 Å². The Morgan fingerprint density at radius 2 is 1.25 bits per heavy atom. The molecule has 9 N–H and O–H groups in total. The van der Waals surface area contributed by atoms with E-state index in [2.05, 4.69) is 31.6 Å². The zero-order valence-electron chi connectivity index (χ0n) is 25.9. The molecule has 3 atom stereocenters. The van der Waals surface area contributed by atoms with Crippen LogP contribution in [0.25, 0.3) is 5.69 Å². The molecule has 4 rings (SSSR count). The van der Waals surface area contributed by atoms with Crippen molar-refractivity contribution in [3.8, 4) is 5.69 Å².